The number of anilines is 1. The smallest absolute Gasteiger partial charge is 0.250 e. The number of nitrogens with zero attached hydrogens (tertiary/aromatic N) is 1. The first-order valence-corrected chi connectivity index (χ1v) is 10.5. The number of amides is 1. The van der Waals surface area contributed by atoms with Gasteiger partial charge in [0.05, 0.1) is 6.04 Å². The number of carbonyl (C=O) groups excluding carboxylic acids is 1. The molecule has 1 heterocycles. The predicted molar refractivity (Wildman–Crippen MR) is 128 cm³/mol. The lowest BCUT2D eigenvalue weighted by Gasteiger charge is -2.24. The van der Waals surface area contributed by atoms with E-state index in [4.69, 9.17) is 5.73 Å². The number of rotatable bonds is 6. The molecule has 0 fully saturated rings. The van der Waals surface area contributed by atoms with Gasteiger partial charge in [-0.25, -0.2) is 0 Å². The lowest BCUT2D eigenvalue weighted by molar-refractivity contribution is -0.117. The molecule has 0 saturated carbocycles. The summed E-state index contributed by atoms with van der Waals surface area (Å²) in [5.74, 6) is -0.514. The Labute approximate surface area is 187 Å². The van der Waals surface area contributed by atoms with Crippen LogP contribution in [0.3, 0.4) is 0 Å². The number of benzene rings is 3. The van der Waals surface area contributed by atoms with Crippen LogP contribution in [0.15, 0.2) is 108 Å². The summed E-state index contributed by atoms with van der Waals surface area (Å²) < 4.78 is 1.54. The Kier molecular flexibility index (Phi) is 6.29. The molecule has 0 aliphatic rings. The van der Waals surface area contributed by atoms with Crippen LogP contribution in [0.25, 0.3) is 11.1 Å². The molecule has 4 rings (SSSR count). The summed E-state index contributed by atoms with van der Waals surface area (Å²) in [4.78, 5) is 24.7. The molecule has 1 aromatic heterocycles. The van der Waals surface area contributed by atoms with Crippen molar-refractivity contribution in [2.24, 2.45) is 12.8 Å². The molecule has 4 aromatic rings. The van der Waals surface area contributed by atoms with E-state index in [9.17, 15) is 9.59 Å². The maximum absolute atomic E-state index is 13.1. The molecular formula is C27H25N3O2. The number of aryl methyl sites for hydroxylation is 1. The fourth-order valence-corrected chi connectivity index (χ4v) is 3.82. The SMILES string of the molecule is Cn1cc(-c2ccc(NC(=O)C(N)C(c3ccccc3)c3ccccc3)cc2)ccc1=O. The molecule has 0 aliphatic heterocycles. The first-order valence-electron chi connectivity index (χ1n) is 10.5. The zero-order valence-corrected chi connectivity index (χ0v) is 17.8. The van der Waals surface area contributed by atoms with Crippen LogP contribution >= 0.6 is 0 Å². The van der Waals surface area contributed by atoms with Gasteiger partial charge in [0, 0.05) is 30.9 Å². The van der Waals surface area contributed by atoms with E-state index in [2.05, 4.69) is 5.32 Å². The third-order valence-corrected chi connectivity index (χ3v) is 5.55. The van der Waals surface area contributed by atoms with E-state index in [0.717, 1.165) is 22.3 Å². The molecular weight excluding hydrogens is 398 g/mol. The minimum Gasteiger partial charge on any atom is -0.325 e. The first-order chi connectivity index (χ1) is 15.5. The van der Waals surface area contributed by atoms with Gasteiger partial charge in [-0.2, -0.15) is 0 Å². The van der Waals surface area contributed by atoms with Crippen LogP contribution in [-0.2, 0) is 11.8 Å². The van der Waals surface area contributed by atoms with Gasteiger partial charge >= 0.3 is 0 Å². The molecule has 3 aromatic carbocycles. The number of hydrogen-bond acceptors (Lipinski definition) is 3. The summed E-state index contributed by atoms with van der Waals surface area (Å²) in [7, 11) is 1.72. The van der Waals surface area contributed by atoms with E-state index in [-0.39, 0.29) is 17.4 Å². The van der Waals surface area contributed by atoms with Gasteiger partial charge in [0.25, 0.3) is 0 Å². The average Bonchev–Trinajstić information content (AvgIpc) is 2.83. The molecule has 3 N–H and O–H groups in total. The number of aromatic nitrogens is 1. The second kappa shape index (κ2) is 9.45. The molecule has 160 valence electrons. The zero-order chi connectivity index (χ0) is 22.5. The van der Waals surface area contributed by atoms with Crippen molar-refractivity contribution >= 4 is 11.6 Å². The van der Waals surface area contributed by atoms with Crippen LogP contribution in [0, 0.1) is 0 Å². The third-order valence-electron chi connectivity index (χ3n) is 5.55. The maximum Gasteiger partial charge on any atom is 0.250 e. The van der Waals surface area contributed by atoms with Gasteiger partial charge in [0.2, 0.25) is 11.5 Å². The molecule has 0 bridgehead atoms. The van der Waals surface area contributed by atoms with E-state index in [1.165, 1.54) is 10.6 Å². The molecule has 0 aliphatic carbocycles. The number of carbonyl (C=O) groups is 1. The van der Waals surface area contributed by atoms with Crippen molar-refractivity contribution in [2.45, 2.75) is 12.0 Å². The summed E-state index contributed by atoms with van der Waals surface area (Å²) >= 11 is 0. The van der Waals surface area contributed by atoms with Crippen molar-refractivity contribution in [3.8, 4) is 11.1 Å². The highest BCUT2D eigenvalue weighted by molar-refractivity contribution is 5.96. The third kappa shape index (κ3) is 4.68. The number of pyridine rings is 1. The van der Waals surface area contributed by atoms with Gasteiger partial charge in [0.15, 0.2) is 0 Å². The Bertz CT molecular complexity index is 1210. The maximum atomic E-state index is 13.1. The predicted octanol–water partition coefficient (Wildman–Crippen LogP) is 4.15. The van der Waals surface area contributed by atoms with Crippen molar-refractivity contribution in [3.63, 3.8) is 0 Å². The highest BCUT2D eigenvalue weighted by atomic mass is 16.2. The van der Waals surface area contributed by atoms with E-state index < -0.39 is 6.04 Å². The van der Waals surface area contributed by atoms with E-state index >= 15 is 0 Å². The van der Waals surface area contributed by atoms with Crippen LogP contribution in [-0.4, -0.2) is 16.5 Å². The lowest BCUT2D eigenvalue weighted by atomic mass is 9.85. The Morgan fingerprint density at radius 1 is 0.781 bits per heavy atom. The molecule has 5 nitrogen and oxygen atoms in total. The number of nitrogens with two attached hydrogens (primary N) is 1. The largest absolute Gasteiger partial charge is 0.325 e. The Hall–Kier alpha value is -3.96. The van der Waals surface area contributed by atoms with Gasteiger partial charge in [-0.1, -0.05) is 72.8 Å². The molecule has 1 unspecified atom stereocenters. The van der Waals surface area contributed by atoms with Crippen LogP contribution in [0.1, 0.15) is 17.0 Å². The van der Waals surface area contributed by atoms with Crippen LogP contribution in [0.4, 0.5) is 5.69 Å². The summed E-state index contributed by atoms with van der Waals surface area (Å²) in [6.45, 7) is 0. The Morgan fingerprint density at radius 3 is 1.84 bits per heavy atom. The molecule has 0 spiro atoms. The molecule has 1 amide bonds. The summed E-state index contributed by atoms with van der Waals surface area (Å²) in [5.41, 5.74) is 11.0. The van der Waals surface area contributed by atoms with Gasteiger partial charge in [-0.3, -0.25) is 9.59 Å². The van der Waals surface area contributed by atoms with Gasteiger partial charge < -0.3 is 15.6 Å². The Balaban J connectivity index is 1.54. The summed E-state index contributed by atoms with van der Waals surface area (Å²) in [6.07, 6.45) is 1.79. The summed E-state index contributed by atoms with van der Waals surface area (Å²) in [5, 5.41) is 2.94. The molecule has 32 heavy (non-hydrogen) atoms. The minimum absolute atomic E-state index is 0.0574. The van der Waals surface area contributed by atoms with Crippen LogP contribution in [0.2, 0.25) is 0 Å². The van der Waals surface area contributed by atoms with Crippen molar-refractivity contribution in [2.75, 3.05) is 5.32 Å². The van der Waals surface area contributed by atoms with Gasteiger partial charge in [0.1, 0.15) is 0 Å². The van der Waals surface area contributed by atoms with Crippen molar-refractivity contribution < 1.29 is 4.79 Å². The van der Waals surface area contributed by atoms with E-state index in [0.29, 0.717) is 5.69 Å². The Morgan fingerprint density at radius 2 is 1.31 bits per heavy atom. The standard InChI is InChI=1S/C27H25N3O2/c1-30-18-22(14-17-24(30)31)19-12-15-23(16-13-19)29-27(32)26(28)25(20-8-4-2-5-9-20)21-10-6-3-7-11-21/h2-18,25-26H,28H2,1H3,(H,29,32). The van der Waals surface area contributed by atoms with E-state index in [1.54, 1.807) is 19.3 Å². The zero-order valence-electron chi connectivity index (χ0n) is 17.8. The van der Waals surface area contributed by atoms with Crippen LogP contribution in [0.5, 0.6) is 0 Å². The number of hydrogen-bond donors (Lipinski definition) is 2. The normalized spacial score (nSPS) is 11.8. The van der Waals surface area contributed by atoms with E-state index in [1.807, 2.05) is 84.9 Å². The molecule has 0 saturated heterocycles. The summed E-state index contributed by atoms with van der Waals surface area (Å²) in [6, 6.07) is 29.7. The first kappa shape index (κ1) is 21.3. The van der Waals surface area contributed by atoms with Crippen LogP contribution < -0.4 is 16.6 Å². The molecule has 0 radical (unpaired) electrons. The second-order valence-corrected chi connectivity index (χ2v) is 7.76. The second-order valence-electron chi connectivity index (χ2n) is 7.76. The molecule has 1 atom stereocenters. The fraction of sp³-hybridized carbons (Fsp3) is 0.111. The molecule has 5 heteroatoms. The van der Waals surface area contributed by atoms with Crippen molar-refractivity contribution in [3.05, 3.63) is 125 Å². The monoisotopic (exact) mass is 423 g/mol. The quantitative estimate of drug-likeness (QED) is 0.489. The average molecular weight is 424 g/mol. The topological polar surface area (TPSA) is 77.1 Å². The number of nitrogens with one attached hydrogen (secondary N) is 1. The van der Waals surface area contributed by atoms with Gasteiger partial charge in [-0.15, -0.1) is 0 Å². The fourth-order valence-electron chi connectivity index (χ4n) is 3.82. The van der Waals surface area contributed by atoms with Crippen molar-refractivity contribution in [1.82, 2.24) is 4.57 Å². The highest BCUT2D eigenvalue weighted by Crippen LogP contribution is 2.28. The lowest BCUT2D eigenvalue weighted by Crippen LogP contribution is -2.41. The van der Waals surface area contributed by atoms with Gasteiger partial charge in [-0.05, 0) is 40.5 Å². The minimum atomic E-state index is -0.761. The highest BCUT2D eigenvalue weighted by Gasteiger charge is 2.27. The van der Waals surface area contributed by atoms with Crippen molar-refractivity contribution in [1.29, 1.82) is 0 Å².